The maximum Gasteiger partial charge on any atom is 0.305 e. The lowest BCUT2D eigenvalue weighted by atomic mass is 10.00. The standard InChI is InChI=1S/C12H14N2O3/c13-8-5-7-3-1-2-4-9(7)14-10(12(8)17)6-11(15)16/h1-4,8,10,14H,5-6,13H2,(H,15,16)/t8-,10?/m0/s1. The molecular formula is C12H14N2O3. The first-order valence-corrected chi connectivity index (χ1v) is 5.43. The smallest absolute Gasteiger partial charge is 0.305 e. The van der Waals surface area contributed by atoms with Crippen LogP contribution in [0.5, 0.6) is 0 Å². The van der Waals surface area contributed by atoms with Crippen molar-refractivity contribution in [1.29, 1.82) is 0 Å². The van der Waals surface area contributed by atoms with E-state index in [-0.39, 0.29) is 12.2 Å². The van der Waals surface area contributed by atoms with Gasteiger partial charge in [0.2, 0.25) is 0 Å². The summed E-state index contributed by atoms with van der Waals surface area (Å²) >= 11 is 0. The third kappa shape index (κ3) is 2.45. The summed E-state index contributed by atoms with van der Waals surface area (Å²) in [6, 6.07) is 6.04. The van der Waals surface area contributed by atoms with E-state index >= 15 is 0 Å². The van der Waals surface area contributed by atoms with Crippen LogP contribution < -0.4 is 11.1 Å². The van der Waals surface area contributed by atoms with Crippen LogP contribution >= 0.6 is 0 Å². The van der Waals surface area contributed by atoms with Crippen LogP contribution in [0.2, 0.25) is 0 Å². The first-order valence-electron chi connectivity index (χ1n) is 5.43. The molecule has 0 spiro atoms. The van der Waals surface area contributed by atoms with Crippen LogP contribution in [0.4, 0.5) is 5.69 Å². The number of carbonyl (C=O) groups excluding carboxylic acids is 1. The van der Waals surface area contributed by atoms with Gasteiger partial charge in [0.25, 0.3) is 0 Å². The van der Waals surface area contributed by atoms with E-state index < -0.39 is 18.1 Å². The van der Waals surface area contributed by atoms with Crippen LogP contribution in [0.3, 0.4) is 0 Å². The summed E-state index contributed by atoms with van der Waals surface area (Å²) in [6.07, 6.45) is 0.193. The lowest BCUT2D eigenvalue weighted by Gasteiger charge is -2.16. The average Bonchev–Trinajstić information content (AvgIpc) is 2.38. The summed E-state index contributed by atoms with van der Waals surface area (Å²) < 4.78 is 0. The summed E-state index contributed by atoms with van der Waals surface area (Å²) in [5.41, 5.74) is 7.51. The first-order chi connectivity index (χ1) is 8.08. The molecule has 1 aliphatic rings. The first kappa shape index (κ1) is 11.6. The van der Waals surface area contributed by atoms with Gasteiger partial charge in [-0.15, -0.1) is 0 Å². The maximum absolute atomic E-state index is 11.9. The number of aliphatic carboxylic acids is 1. The SMILES string of the molecule is N[C@H]1Cc2ccccc2NC(CC(=O)O)C1=O. The number of hydrogen-bond donors (Lipinski definition) is 3. The van der Waals surface area contributed by atoms with E-state index in [1.807, 2.05) is 24.3 Å². The molecule has 5 nitrogen and oxygen atoms in total. The third-order valence-corrected chi connectivity index (χ3v) is 2.87. The molecule has 0 radical (unpaired) electrons. The van der Waals surface area contributed by atoms with Crippen LogP contribution in [-0.4, -0.2) is 28.9 Å². The highest BCUT2D eigenvalue weighted by atomic mass is 16.4. The molecule has 1 aliphatic heterocycles. The molecule has 2 rings (SSSR count). The summed E-state index contributed by atoms with van der Waals surface area (Å²) in [5, 5.41) is 11.7. The Labute approximate surface area is 98.6 Å². The van der Waals surface area contributed by atoms with Crippen LogP contribution in [0.1, 0.15) is 12.0 Å². The zero-order chi connectivity index (χ0) is 12.4. The van der Waals surface area contributed by atoms with Crippen molar-refractivity contribution < 1.29 is 14.7 Å². The van der Waals surface area contributed by atoms with Gasteiger partial charge in [-0.2, -0.15) is 0 Å². The topological polar surface area (TPSA) is 92.4 Å². The highest BCUT2D eigenvalue weighted by Gasteiger charge is 2.30. The molecule has 4 N–H and O–H groups in total. The van der Waals surface area contributed by atoms with Crippen molar-refractivity contribution in [1.82, 2.24) is 0 Å². The molecule has 5 heteroatoms. The van der Waals surface area contributed by atoms with Crippen molar-refractivity contribution in [3.05, 3.63) is 29.8 Å². The molecule has 1 aromatic carbocycles. The molecule has 0 aromatic heterocycles. The number of anilines is 1. The Hall–Kier alpha value is -1.88. The van der Waals surface area contributed by atoms with Crippen molar-refractivity contribution in [2.24, 2.45) is 5.73 Å². The van der Waals surface area contributed by atoms with Gasteiger partial charge in [-0.25, -0.2) is 0 Å². The second-order valence-electron chi connectivity index (χ2n) is 4.16. The lowest BCUT2D eigenvalue weighted by molar-refractivity contribution is -0.139. The Morgan fingerprint density at radius 3 is 2.88 bits per heavy atom. The number of carbonyl (C=O) groups is 2. The monoisotopic (exact) mass is 234 g/mol. The van der Waals surface area contributed by atoms with E-state index in [2.05, 4.69) is 5.32 Å². The fraction of sp³-hybridized carbons (Fsp3) is 0.333. The number of benzene rings is 1. The zero-order valence-corrected chi connectivity index (χ0v) is 9.22. The molecule has 0 saturated heterocycles. The maximum atomic E-state index is 11.9. The van der Waals surface area contributed by atoms with Crippen LogP contribution in [0.25, 0.3) is 0 Å². The molecule has 90 valence electrons. The molecule has 1 aromatic rings. The zero-order valence-electron chi connectivity index (χ0n) is 9.22. The largest absolute Gasteiger partial charge is 0.481 e. The predicted molar refractivity (Wildman–Crippen MR) is 62.8 cm³/mol. The van der Waals surface area contributed by atoms with Gasteiger partial charge in [-0.3, -0.25) is 9.59 Å². The Balaban J connectivity index is 2.31. The number of nitrogens with one attached hydrogen (secondary N) is 1. The van der Waals surface area contributed by atoms with E-state index in [4.69, 9.17) is 10.8 Å². The molecule has 0 fully saturated rings. The van der Waals surface area contributed by atoms with Crippen molar-refractivity contribution in [3.8, 4) is 0 Å². The molecule has 0 saturated carbocycles. The molecular weight excluding hydrogens is 220 g/mol. The van der Waals surface area contributed by atoms with Gasteiger partial charge in [-0.05, 0) is 18.1 Å². The fourth-order valence-corrected chi connectivity index (χ4v) is 2.02. The van der Waals surface area contributed by atoms with Gasteiger partial charge in [0.05, 0.1) is 18.5 Å². The van der Waals surface area contributed by atoms with Gasteiger partial charge >= 0.3 is 5.97 Å². The number of carboxylic acids is 1. The molecule has 0 amide bonds. The van der Waals surface area contributed by atoms with Gasteiger partial charge in [0, 0.05) is 5.69 Å². The summed E-state index contributed by atoms with van der Waals surface area (Å²) in [6.45, 7) is 0. The number of para-hydroxylation sites is 1. The lowest BCUT2D eigenvalue weighted by Crippen LogP contribution is -2.42. The molecule has 0 aliphatic carbocycles. The normalized spacial score (nSPS) is 23.5. The van der Waals surface area contributed by atoms with Gasteiger partial charge in [0.15, 0.2) is 5.78 Å². The van der Waals surface area contributed by atoms with Gasteiger partial charge in [0.1, 0.15) is 0 Å². The van der Waals surface area contributed by atoms with E-state index in [9.17, 15) is 9.59 Å². The minimum absolute atomic E-state index is 0.247. The minimum Gasteiger partial charge on any atom is -0.481 e. The molecule has 0 bridgehead atoms. The third-order valence-electron chi connectivity index (χ3n) is 2.87. The Kier molecular flexibility index (Phi) is 3.10. The van der Waals surface area contributed by atoms with E-state index in [1.54, 1.807) is 0 Å². The number of ketones is 1. The van der Waals surface area contributed by atoms with Crippen molar-refractivity contribution in [3.63, 3.8) is 0 Å². The summed E-state index contributed by atoms with van der Waals surface area (Å²) in [5.74, 6) is -1.26. The van der Waals surface area contributed by atoms with E-state index in [0.29, 0.717) is 6.42 Å². The number of carboxylic acid groups (broad SMARTS) is 1. The van der Waals surface area contributed by atoms with Crippen molar-refractivity contribution >= 4 is 17.4 Å². The van der Waals surface area contributed by atoms with Crippen LogP contribution in [0, 0.1) is 0 Å². The minimum atomic E-state index is -1.01. The second-order valence-corrected chi connectivity index (χ2v) is 4.16. The van der Waals surface area contributed by atoms with Crippen LogP contribution in [0.15, 0.2) is 24.3 Å². The average molecular weight is 234 g/mol. The second kappa shape index (κ2) is 4.55. The Bertz CT molecular complexity index is 459. The molecule has 1 unspecified atom stereocenters. The van der Waals surface area contributed by atoms with E-state index in [1.165, 1.54) is 0 Å². The Morgan fingerprint density at radius 2 is 2.18 bits per heavy atom. The summed E-state index contributed by atoms with van der Waals surface area (Å²) in [4.78, 5) is 22.6. The number of fused-ring (bicyclic) bond motifs is 1. The summed E-state index contributed by atoms with van der Waals surface area (Å²) in [7, 11) is 0. The van der Waals surface area contributed by atoms with Crippen molar-refractivity contribution in [2.45, 2.75) is 24.9 Å². The van der Waals surface area contributed by atoms with Gasteiger partial charge in [-0.1, -0.05) is 18.2 Å². The highest BCUT2D eigenvalue weighted by molar-refractivity contribution is 5.95. The predicted octanol–water partition coefficient (Wildman–Crippen LogP) is 0.394. The number of nitrogens with two attached hydrogens (primary N) is 1. The number of hydrogen-bond acceptors (Lipinski definition) is 4. The molecule has 17 heavy (non-hydrogen) atoms. The fourth-order valence-electron chi connectivity index (χ4n) is 2.02. The van der Waals surface area contributed by atoms with E-state index in [0.717, 1.165) is 11.3 Å². The Morgan fingerprint density at radius 1 is 1.47 bits per heavy atom. The quantitative estimate of drug-likeness (QED) is 0.688. The molecule has 1 heterocycles. The van der Waals surface area contributed by atoms with Crippen molar-refractivity contribution in [2.75, 3.05) is 5.32 Å². The number of rotatable bonds is 2. The molecule has 2 atom stereocenters. The van der Waals surface area contributed by atoms with Crippen LogP contribution in [-0.2, 0) is 16.0 Å². The highest BCUT2D eigenvalue weighted by Crippen LogP contribution is 2.22. The van der Waals surface area contributed by atoms with Gasteiger partial charge < -0.3 is 16.2 Å². The number of Topliss-reactive ketones (excluding diaryl/α,β-unsaturated/α-hetero) is 1.